The van der Waals surface area contributed by atoms with Gasteiger partial charge in [-0.2, -0.15) is 0 Å². The molecule has 1 unspecified atom stereocenters. The van der Waals surface area contributed by atoms with Crippen LogP contribution in [0.15, 0.2) is 34.9 Å². The first-order chi connectivity index (χ1) is 10.2. The summed E-state index contributed by atoms with van der Waals surface area (Å²) in [5.41, 5.74) is 1.69. The standard InChI is InChI=1S/C17H22FNO2/c1-4-8-19-15(14-9-12(2)21-11-14)10-13-6-5-7-16(20-3)17(13)18/h5-7,9,11,15,19H,4,8,10H2,1-3H3. The van der Waals surface area contributed by atoms with E-state index in [1.807, 2.05) is 19.1 Å². The first-order valence-corrected chi connectivity index (χ1v) is 7.25. The van der Waals surface area contributed by atoms with Crippen molar-refractivity contribution in [3.63, 3.8) is 0 Å². The summed E-state index contributed by atoms with van der Waals surface area (Å²) >= 11 is 0. The van der Waals surface area contributed by atoms with E-state index in [0.29, 0.717) is 12.0 Å². The number of hydrogen-bond donors (Lipinski definition) is 1. The van der Waals surface area contributed by atoms with E-state index in [4.69, 9.17) is 9.15 Å². The van der Waals surface area contributed by atoms with E-state index < -0.39 is 0 Å². The second-order valence-electron chi connectivity index (χ2n) is 5.13. The molecule has 2 aromatic rings. The zero-order valence-corrected chi connectivity index (χ0v) is 12.8. The number of rotatable bonds is 7. The van der Waals surface area contributed by atoms with Gasteiger partial charge in [-0.25, -0.2) is 4.39 Å². The van der Waals surface area contributed by atoms with Crippen molar-refractivity contribution in [1.82, 2.24) is 5.32 Å². The number of hydrogen-bond acceptors (Lipinski definition) is 3. The molecule has 0 bridgehead atoms. The van der Waals surface area contributed by atoms with Crippen LogP contribution in [0.1, 0.15) is 36.3 Å². The van der Waals surface area contributed by atoms with Gasteiger partial charge in [-0.15, -0.1) is 0 Å². The van der Waals surface area contributed by atoms with Crippen LogP contribution in [0, 0.1) is 12.7 Å². The minimum atomic E-state index is -0.288. The molecule has 114 valence electrons. The molecule has 1 atom stereocenters. The molecule has 4 heteroatoms. The molecule has 0 aliphatic rings. The third kappa shape index (κ3) is 3.85. The minimum absolute atomic E-state index is 0.0315. The van der Waals surface area contributed by atoms with Gasteiger partial charge in [-0.05, 0) is 44.0 Å². The molecule has 0 spiro atoms. The third-order valence-electron chi connectivity index (χ3n) is 3.48. The number of aryl methyl sites for hydroxylation is 1. The van der Waals surface area contributed by atoms with Crippen LogP contribution in [0.4, 0.5) is 4.39 Å². The predicted molar refractivity (Wildman–Crippen MR) is 81.1 cm³/mol. The van der Waals surface area contributed by atoms with E-state index in [9.17, 15) is 4.39 Å². The van der Waals surface area contributed by atoms with Crippen molar-refractivity contribution in [3.8, 4) is 5.75 Å². The molecule has 0 amide bonds. The van der Waals surface area contributed by atoms with Crippen molar-refractivity contribution >= 4 is 0 Å². The number of ether oxygens (including phenoxy) is 1. The van der Waals surface area contributed by atoms with Crippen LogP contribution in [0.5, 0.6) is 5.75 Å². The fourth-order valence-corrected chi connectivity index (χ4v) is 2.36. The van der Waals surface area contributed by atoms with Gasteiger partial charge in [0.05, 0.1) is 13.4 Å². The van der Waals surface area contributed by atoms with Crippen molar-refractivity contribution in [1.29, 1.82) is 0 Å². The van der Waals surface area contributed by atoms with Gasteiger partial charge in [0.15, 0.2) is 11.6 Å². The van der Waals surface area contributed by atoms with Crippen molar-refractivity contribution < 1.29 is 13.5 Å². The molecule has 21 heavy (non-hydrogen) atoms. The zero-order valence-electron chi connectivity index (χ0n) is 12.8. The van der Waals surface area contributed by atoms with Gasteiger partial charge in [0.2, 0.25) is 0 Å². The summed E-state index contributed by atoms with van der Waals surface area (Å²) in [7, 11) is 1.48. The van der Waals surface area contributed by atoms with Crippen LogP contribution < -0.4 is 10.1 Å². The Labute approximate surface area is 125 Å². The van der Waals surface area contributed by atoms with Gasteiger partial charge in [-0.3, -0.25) is 0 Å². The number of nitrogens with one attached hydrogen (secondary N) is 1. The molecule has 3 nitrogen and oxygen atoms in total. The summed E-state index contributed by atoms with van der Waals surface area (Å²) in [6.45, 7) is 4.89. The predicted octanol–water partition coefficient (Wildman–Crippen LogP) is 4.02. The topological polar surface area (TPSA) is 34.4 Å². The van der Waals surface area contributed by atoms with Crippen molar-refractivity contribution in [3.05, 3.63) is 53.2 Å². The summed E-state index contributed by atoms with van der Waals surface area (Å²) in [5, 5.41) is 3.44. The van der Waals surface area contributed by atoms with Crippen LogP contribution in [-0.4, -0.2) is 13.7 Å². The van der Waals surface area contributed by atoms with E-state index in [1.165, 1.54) is 7.11 Å². The molecule has 1 N–H and O–H groups in total. The average molecular weight is 291 g/mol. The number of furan rings is 1. The summed E-state index contributed by atoms with van der Waals surface area (Å²) in [6.07, 6.45) is 3.32. The molecular formula is C17H22FNO2. The van der Waals surface area contributed by atoms with E-state index in [-0.39, 0.29) is 17.6 Å². The summed E-state index contributed by atoms with van der Waals surface area (Å²) in [6, 6.07) is 7.27. The van der Waals surface area contributed by atoms with Gasteiger partial charge in [0.25, 0.3) is 0 Å². The maximum absolute atomic E-state index is 14.3. The molecule has 0 aliphatic heterocycles. The molecule has 0 saturated carbocycles. The summed E-state index contributed by atoms with van der Waals surface area (Å²) < 4.78 is 24.7. The highest BCUT2D eigenvalue weighted by atomic mass is 19.1. The molecule has 1 heterocycles. The van der Waals surface area contributed by atoms with E-state index in [0.717, 1.165) is 24.3 Å². The molecular weight excluding hydrogens is 269 g/mol. The highest BCUT2D eigenvalue weighted by molar-refractivity contribution is 5.32. The molecule has 1 aromatic carbocycles. The van der Waals surface area contributed by atoms with Crippen molar-refractivity contribution in [2.75, 3.05) is 13.7 Å². The Morgan fingerprint density at radius 1 is 1.38 bits per heavy atom. The molecule has 2 rings (SSSR count). The SMILES string of the molecule is CCCNC(Cc1cccc(OC)c1F)c1coc(C)c1. The number of halogens is 1. The van der Waals surface area contributed by atoms with Crippen LogP contribution in [0.3, 0.4) is 0 Å². The van der Waals surface area contributed by atoms with Gasteiger partial charge in [-0.1, -0.05) is 19.1 Å². The molecule has 0 saturated heterocycles. The Morgan fingerprint density at radius 2 is 2.19 bits per heavy atom. The monoisotopic (exact) mass is 291 g/mol. The van der Waals surface area contributed by atoms with Crippen LogP contribution in [0.2, 0.25) is 0 Å². The lowest BCUT2D eigenvalue weighted by molar-refractivity contribution is 0.382. The summed E-state index contributed by atoms with van der Waals surface area (Å²) in [5.74, 6) is 0.855. The number of benzene rings is 1. The average Bonchev–Trinajstić information content (AvgIpc) is 2.91. The Morgan fingerprint density at radius 3 is 2.81 bits per heavy atom. The smallest absolute Gasteiger partial charge is 0.168 e. The molecule has 0 fully saturated rings. The maximum Gasteiger partial charge on any atom is 0.168 e. The maximum atomic E-state index is 14.3. The first kappa shape index (κ1) is 15.6. The second-order valence-corrected chi connectivity index (χ2v) is 5.13. The summed E-state index contributed by atoms with van der Waals surface area (Å²) in [4.78, 5) is 0. The Hall–Kier alpha value is -1.81. The van der Waals surface area contributed by atoms with E-state index in [2.05, 4.69) is 12.2 Å². The van der Waals surface area contributed by atoms with Crippen molar-refractivity contribution in [2.45, 2.75) is 32.7 Å². The number of methoxy groups -OCH3 is 1. The molecule has 1 aromatic heterocycles. The lowest BCUT2D eigenvalue weighted by Crippen LogP contribution is -2.24. The second kappa shape index (κ2) is 7.27. The lowest BCUT2D eigenvalue weighted by Gasteiger charge is -2.18. The zero-order chi connectivity index (χ0) is 15.2. The Kier molecular flexibility index (Phi) is 5.39. The largest absolute Gasteiger partial charge is 0.494 e. The van der Waals surface area contributed by atoms with Crippen LogP contribution >= 0.6 is 0 Å². The van der Waals surface area contributed by atoms with Crippen LogP contribution in [0.25, 0.3) is 0 Å². The third-order valence-corrected chi connectivity index (χ3v) is 3.48. The quantitative estimate of drug-likeness (QED) is 0.836. The van der Waals surface area contributed by atoms with Gasteiger partial charge < -0.3 is 14.5 Å². The van der Waals surface area contributed by atoms with Gasteiger partial charge in [0.1, 0.15) is 5.76 Å². The highest BCUT2D eigenvalue weighted by Gasteiger charge is 2.17. The Balaban J connectivity index is 2.22. The fraction of sp³-hybridized carbons (Fsp3) is 0.412. The fourth-order valence-electron chi connectivity index (χ4n) is 2.36. The van der Waals surface area contributed by atoms with E-state index in [1.54, 1.807) is 18.4 Å². The molecule has 0 aliphatic carbocycles. The highest BCUT2D eigenvalue weighted by Crippen LogP contribution is 2.26. The van der Waals surface area contributed by atoms with Crippen LogP contribution in [-0.2, 0) is 6.42 Å². The lowest BCUT2D eigenvalue weighted by atomic mass is 10.00. The Bertz CT molecular complexity index is 580. The molecule has 0 radical (unpaired) electrons. The van der Waals surface area contributed by atoms with E-state index >= 15 is 0 Å². The normalized spacial score (nSPS) is 12.4. The van der Waals surface area contributed by atoms with Crippen molar-refractivity contribution in [2.24, 2.45) is 0 Å². The first-order valence-electron chi connectivity index (χ1n) is 7.25. The minimum Gasteiger partial charge on any atom is -0.494 e. The van der Waals surface area contributed by atoms with Gasteiger partial charge in [0, 0.05) is 11.6 Å². The van der Waals surface area contributed by atoms with Gasteiger partial charge >= 0.3 is 0 Å².